The Kier molecular flexibility index (Phi) is 3.32. The summed E-state index contributed by atoms with van der Waals surface area (Å²) in [4.78, 5) is 5.77. The van der Waals surface area contributed by atoms with E-state index < -0.39 is 0 Å². The number of aromatic nitrogens is 1. The van der Waals surface area contributed by atoms with Crippen molar-refractivity contribution in [3.05, 3.63) is 60.0 Å². The number of nitrogens with zero attached hydrogens (tertiary/aromatic N) is 1. The SMILES string of the molecule is Cc1ccc(Sc2c(F)cc(N)c3cccnc23)cc1. The van der Waals surface area contributed by atoms with Crippen molar-refractivity contribution in [2.24, 2.45) is 0 Å². The molecule has 0 fully saturated rings. The van der Waals surface area contributed by atoms with Gasteiger partial charge < -0.3 is 5.73 Å². The number of halogens is 1. The fraction of sp³-hybridized carbons (Fsp3) is 0.0625. The van der Waals surface area contributed by atoms with Crippen molar-refractivity contribution in [3.63, 3.8) is 0 Å². The Labute approximate surface area is 120 Å². The molecule has 3 rings (SSSR count). The van der Waals surface area contributed by atoms with E-state index in [4.69, 9.17) is 5.73 Å². The topological polar surface area (TPSA) is 38.9 Å². The van der Waals surface area contributed by atoms with E-state index in [-0.39, 0.29) is 5.82 Å². The van der Waals surface area contributed by atoms with Gasteiger partial charge in [0.1, 0.15) is 5.82 Å². The fourth-order valence-electron chi connectivity index (χ4n) is 2.03. The summed E-state index contributed by atoms with van der Waals surface area (Å²) in [5.41, 5.74) is 8.05. The molecule has 1 heterocycles. The van der Waals surface area contributed by atoms with E-state index in [0.717, 1.165) is 10.3 Å². The molecule has 0 atom stereocenters. The molecule has 0 amide bonds. The van der Waals surface area contributed by atoms with E-state index in [1.807, 2.05) is 37.3 Å². The summed E-state index contributed by atoms with van der Waals surface area (Å²) in [5, 5.41) is 0.781. The van der Waals surface area contributed by atoms with Crippen LogP contribution >= 0.6 is 11.8 Å². The summed E-state index contributed by atoms with van der Waals surface area (Å²) in [6.07, 6.45) is 1.65. The zero-order chi connectivity index (χ0) is 14.1. The van der Waals surface area contributed by atoms with Crippen molar-refractivity contribution in [3.8, 4) is 0 Å². The van der Waals surface area contributed by atoms with Crippen molar-refractivity contribution < 1.29 is 4.39 Å². The second kappa shape index (κ2) is 5.13. The van der Waals surface area contributed by atoms with Crippen LogP contribution in [0.15, 0.2) is 58.5 Å². The first-order chi connectivity index (χ1) is 9.65. The summed E-state index contributed by atoms with van der Waals surface area (Å²) < 4.78 is 14.2. The molecule has 2 nitrogen and oxygen atoms in total. The van der Waals surface area contributed by atoms with E-state index in [1.165, 1.54) is 23.4 Å². The van der Waals surface area contributed by atoms with Crippen molar-refractivity contribution in [2.45, 2.75) is 16.7 Å². The third kappa shape index (κ3) is 2.34. The highest BCUT2D eigenvalue weighted by Crippen LogP contribution is 2.36. The van der Waals surface area contributed by atoms with Crippen LogP contribution < -0.4 is 5.73 Å². The van der Waals surface area contributed by atoms with Crippen LogP contribution in [0.1, 0.15) is 5.56 Å². The van der Waals surface area contributed by atoms with Crippen LogP contribution in [0.3, 0.4) is 0 Å². The van der Waals surface area contributed by atoms with Crippen molar-refractivity contribution in [2.75, 3.05) is 5.73 Å². The zero-order valence-corrected chi connectivity index (χ0v) is 11.7. The molecule has 0 unspecified atom stereocenters. The number of hydrogen-bond donors (Lipinski definition) is 1. The third-order valence-electron chi connectivity index (χ3n) is 3.07. The lowest BCUT2D eigenvalue weighted by Gasteiger charge is -2.09. The number of nitrogen functional groups attached to an aromatic ring is 1. The van der Waals surface area contributed by atoms with Crippen LogP contribution in [0.2, 0.25) is 0 Å². The smallest absolute Gasteiger partial charge is 0.141 e. The predicted octanol–water partition coefficient (Wildman–Crippen LogP) is 4.42. The van der Waals surface area contributed by atoms with Gasteiger partial charge in [-0.2, -0.15) is 0 Å². The molecule has 0 saturated carbocycles. The molecule has 0 bridgehead atoms. The van der Waals surface area contributed by atoms with Crippen molar-refractivity contribution in [1.29, 1.82) is 0 Å². The molecule has 0 radical (unpaired) electrons. The van der Waals surface area contributed by atoms with Crippen LogP contribution in [0.4, 0.5) is 10.1 Å². The maximum atomic E-state index is 14.2. The minimum Gasteiger partial charge on any atom is -0.398 e. The van der Waals surface area contributed by atoms with Crippen LogP contribution in [-0.2, 0) is 0 Å². The number of anilines is 1. The molecule has 3 aromatic rings. The third-order valence-corrected chi connectivity index (χ3v) is 4.17. The summed E-state index contributed by atoms with van der Waals surface area (Å²) in [7, 11) is 0. The second-order valence-corrected chi connectivity index (χ2v) is 5.68. The van der Waals surface area contributed by atoms with E-state index in [0.29, 0.717) is 16.1 Å². The molecular weight excluding hydrogens is 271 g/mol. The van der Waals surface area contributed by atoms with Gasteiger partial charge in [-0.05, 0) is 37.3 Å². The Balaban J connectivity index is 2.13. The first-order valence-corrected chi connectivity index (χ1v) is 7.04. The molecule has 2 aromatic carbocycles. The molecule has 1 aromatic heterocycles. The van der Waals surface area contributed by atoms with Crippen molar-refractivity contribution in [1.82, 2.24) is 4.98 Å². The monoisotopic (exact) mass is 284 g/mol. The highest BCUT2D eigenvalue weighted by Gasteiger charge is 2.13. The molecule has 0 aliphatic carbocycles. The van der Waals surface area contributed by atoms with E-state index in [2.05, 4.69) is 4.98 Å². The number of fused-ring (bicyclic) bond motifs is 1. The zero-order valence-electron chi connectivity index (χ0n) is 10.9. The summed E-state index contributed by atoms with van der Waals surface area (Å²) in [6, 6.07) is 13.0. The highest BCUT2D eigenvalue weighted by molar-refractivity contribution is 7.99. The predicted molar refractivity (Wildman–Crippen MR) is 81.4 cm³/mol. The lowest BCUT2D eigenvalue weighted by atomic mass is 10.2. The maximum absolute atomic E-state index is 14.2. The summed E-state index contributed by atoms with van der Waals surface area (Å²) >= 11 is 1.37. The first-order valence-electron chi connectivity index (χ1n) is 6.22. The molecule has 0 aliphatic rings. The van der Waals surface area contributed by atoms with Crippen LogP contribution in [0.5, 0.6) is 0 Å². The Morgan fingerprint density at radius 1 is 1.15 bits per heavy atom. The normalized spacial score (nSPS) is 10.9. The maximum Gasteiger partial charge on any atom is 0.141 e. The van der Waals surface area contributed by atoms with Crippen molar-refractivity contribution >= 4 is 28.4 Å². The highest BCUT2D eigenvalue weighted by atomic mass is 32.2. The van der Waals surface area contributed by atoms with Gasteiger partial charge in [0.2, 0.25) is 0 Å². The van der Waals surface area contributed by atoms with Gasteiger partial charge in [0.05, 0.1) is 10.4 Å². The first kappa shape index (κ1) is 12.9. The number of aryl methyl sites for hydroxylation is 1. The van der Waals surface area contributed by atoms with E-state index in [1.54, 1.807) is 12.3 Å². The largest absolute Gasteiger partial charge is 0.398 e. The number of benzene rings is 2. The van der Waals surface area contributed by atoms with Gasteiger partial charge in [0.25, 0.3) is 0 Å². The Hall–Kier alpha value is -2.07. The van der Waals surface area contributed by atoms with Gasteiger partial charge in [0.15, 0.2) is 0 Å². The Morgan fingerprint density at radius 2 is 1.90 bits per heavy atom. The fourth-order valence-corrected chi connectivity index (χ4v) is 2.96. The summed E-state index contributed by atoms with van der Waals surface area (Å²) in [6.45, 7) is 2.02. The van der Waals surface area contributed by atoms with E-state index in [9.17, 15) is 4.39 Å². The quantitative estimate of drug-likeness (QED) is 0.708. The lowest BCUT2D eigenvalue weighted by Crippen LogP contribution is -1.94. The molecule has 0 aliphatic heterocycles. The van der Waals surface area contributed by atoms with Gasteiger partial charge in [-0.3, -0.25) is 4.98 Å². The van der Waals surface area contributed by atoms with Gasteiger partial charge in [-0.25, -0.2) is 4.39 Å². The average Bonchev–Trinajstić information content (AvgIpc) is 2.45. The molecule has 100 valence electrons. The molecule has 20 heavy (non-hydrogen) atoms. The second-order valence-electron chi connectivity index (χ2n) is 4.59. The van der Waals surface area contributed by atoms with E-state index >= 15 is 0 Å². The number of rotatable bonds is 2. The standard InChI is InChI=1S/C16H13FN2S/c1-10-4-6-11(7-5-10)20-16-13(17)9-14(18)12-3-2-8-19-15(12)16/h2-9H,18H2,1H3. The minimum atomic E-state index is -0.334. The Bertz CT molecular complexity index is 769. The Morgan fingerprint density at radius 3 is 2.65 bits per heavy atom. The summed E-state index contributed by atoms with van der Waals surface area (Å²) in [5.74, 6) is -0.334. The molecule has 2 N–H and O–H groups in total. The number of hydrogen-bond acceptors (Lipinski definition) is 3. The minimum absolute atomic E-state index is 0.334. The number of pyridine rings is 1. The number of nitrogens with two attached hydrogens (primary N) is 1. The van der Waals surface area contributed by atoms with Crippen LogP contribution in [-0.4, -0.2) is 4.98 Å². The van der Waals surface area contributed by atoms with Gasteiger partial charge in [0, 0.05) is 22.2 Å². The average molecular weight is 284 g/mol. The molecule has 0 saturated heterocycles. The molecule has 0 spiro atoms. The molecule has 4 heteroatoms. The van der Waals surface area contributed by atoms with Gasteiger partial charge in [-0.1, -0.05) is 29.5 Å². The van der Waals surface area contributed by atoms with Gasteiger partial charge >= 0.3 is 0 Å². The van der Waals surface area contributed by atoms with Crippen LogP contribution in [0.25, 0.3) is 10.9 Å². The molecular formula is C16H13FN2S. The van der Waals surface area contributed by atoms with Gasteiger partial charge in [-0.15, -0.1) is 0 Å². The lowest BCUT2D eigenvalue weighted by molar-refractivity contribution is 0.605. The van der Waals surface area contributed by atoms with Crippen LogP contribution in [0, 0.1) is 12.7 Å².